The molecule has 0 spiro atoms. The lowest BCUT2D eigenvalue weighted by Crippen LogP contribution is -2.14. The van der Waals surface area contributed by atoms with Crippen molar-refractivity contribution in [2.24, 2.45) is 5.73 Å². The van der Waals surface area contributed by atoms with E-state index < -0.39 is 0 Å². The summed E-state index contributed by atoms with van der Waals surface area (Å²) in [6.07, 6.45) is 0. The maximum atomic E-state index is 5.51. The average molecular weight is 255 g/mol. The first-order valence-electron chi connectivity index (χ1n) is 5.99. The Bertz CT molecular complexity index is 320. The summed E-state index contributed by atoms with van der Waals surface area (Å²) in [5.74, 6) is 1.56. The Labute approximate surface area is 108 Å². The number of hydrogen-bond donors (Lipinski definition) is 1. The van der Waals surface area contributed by atoms with Gasteiger partial charge in [0.2, 0.25) is 0 Å². The third-order valence-electron chi connectivity index (χ3n) is 2.17. The van der Waals surface area contributed by atoms with Crippen LogP contribution in [0.2, 0.25) is 0 Å². The lowest BCUT2D eigenvalue weighted by molar-refractivity contribution is 0.0388. The molecule has 1 aromatic rings. The summed E-state index contributed by atoms with van der Waals surface area (Å²) in [7, 11) is 1.63. The summed E-state index contributed by atoms with van der Waals surface area (Å²) >= 11 is 0. The maximum absolute atomic E-state index is 5.51. The van der Waals surface area contributed by atoms with Crippen LogP contribution in [0, 0.1) is 0 Å². The van der Waals surface area contributed by atoms with Crippen molar-refractivity contribution in [3.05, 3.63) is 24.3 Å². The molecule has 0 saturated carbocycles. The first-order chi connectivity index (χ1) is 8.86. The van der Waals surface area contributed by atoms with E-state index in [2.05, 4.69) is 0 Å². The van der Waals surface area contributed by atoms with Gasteiger partial charge in [-0.2, -0.15) is 0 Å². The molecule has 5 heteroatoms. The molecule has 0 aliphatic heterocycles. The fourth-order valence-corrected chi connectivity index (χ4v) is 1.31. The minimum Gasteiger partial charge on any atom is -0.497 e. The SMILES string of the molecule is COc1cccc(OCCOCCOCCN)c1. The first kappa shape index (κ1) is 14.8. The fourth-order valence-electron chi connectivity index (χ4n) is 1.31. The van der Waals surface area contributed by atoms with Crippen molar-refractivity contribution in [1.29, 1.82) is 0 Å². The van der Waals surface area contributed by atoms with E-state index in [0.29, 0.717) is 39.6 Å². The van der Waals surface area contributed by atoms with Gasteiger partial charge in [-0.25, -0.2) is 0 Å². The smallest absolute Gasteiger partial charge is 0.123 e. The predicted molar refractivity (Wildman–Crippen MR) is 69.2 cm³/mol. The van der Waals surface area contributed by atoms with Gasteiger partial charge in [0.05, 0.1) is 33.5 Å². The Morgan fingerprint density at radius 2 is 1.61 bits per heavy atom. The van der Waals surface area contributed by atoms with Gasteiger partial charge in [0.25, 0.3) is 0 Å². The topological polar surface area (TPSA) is 62.9 Å². The van der Waals surface area contributed by atoms with Gasteiger partial charge in [0.15, 0.2) is 0 Å². The summed E-state index contributed by atoms with van der Waals surface area (Å²) in [4.78, 5) is 0. The molecular formula is C13H21NO4. The zero-order valence-electron chi connectivity index (χ0n) is 10.8. The number of methoxy groups -OCH3 is 1. The second-order valence-corrected chi connectivity index (χ2v) is 3.54. The highest BCUT2D eigenvalue weighted by Gasteiger charge is 1.96. The van der Waals surface area contributed by atoms with Gasteiger partial charge < -0.3 is 24.7 Å². The zero-order valence-corrected chi connectivity index (χ0v) is 10.8. The molecule has 5 nitrogen and oxygen atoms in total. The van der Waals surface area contributed by atoms with E-state index in [-0.39, 0.29) is 0 Å². The van der Waals surface area contributed by atoms with Crippen molar-refractivity contribution in [2.45, 2.75) is 0 Å². The van der Waals surface area contributed by atoms with Crippen LogP contribution in [0.1, 0.15) is 0 Å². The highest BCUT2D eigenvalue weighted by Crippen LogP contribution is 2.18. The van der Waals surface area contributed by atoms with Gasteiger partial charge in [-0.15, -0.1) is 0 Å². The van der Waals surface area contributed by atoms with Crippen molar-refractivity contribution in [2.75, 3.05) is 46.7 Å². The number of hydrogen-bond acceptors (Lipinski definition) is 5. The van der Waals surface area contributed by atoms with Gasteiger partial charge >= 0.3 is 0 Å². The number of benzene rings is 1. The molecule has 0 saturated heterocycles. The van der Waals surface area contributed by atoms with E-state index in [0.717, 1.165) is 11.5 Å². The van der Waals surface area contributed by atoms with Crippen LogP contribution in [0.25, 0.3) is 0 Å². The first-order valence-corrected chi connectivity index (χ1v) is 5.99. The Morgan fingerprint density at radius 1 is 0.944 bits per heavy atom. The third-order valence-corrected chi connectivity index (χ3v) is 2.17. The summed E-state index contributed by atoms with van der Waals surface area (Å²) in [5.41, 5.74) is 5.28. The quantitative estimate of drug-likeness (QED) is 0.633. The molecule has 0 aromatic heterocycles. The molecular weight excluding hydrogens is 234 g/mol. The van der Waals surface area contributed by atoms with Crippen LogP contribution in [0.4, 0.5) is 0 Å². The lowest BCUT2D eigenvalue weighted by atomic mass is 10.3. The fraction of sp³-hybridized carbons (Fsp3) is 0.538. The Balaban J connectivity index is 2.03. The highest BCUT2D eigenvalue weighted by molar-refractivity contribution is 5.32. The summed E-state index contributed by atoms with van der Waals surface area (Å²) < 4.78 is 21.1. The maximum Gasteiger partial charge on any atom is 0.123 e. The molecule has 1 rings (SSSR count). The molecule has 0 heterocycles. The molecule has 0 aliphatic carbocycles. The van der Waals surface area contributed by atoms with Gasteiger partial charge in [-0.1, -0.05) is 6.07 Å². The van der Waals surface area contributed by atoms with Crippen LogP contribution in [0.5, 0.6) is 11.5 Å². The van der Waals surface area contributed by atoms with E-state index in [1.54, 1.807) is 7.11 Å². The Morgan fingerprint density at radius 3 is 2.33 bits per heavy atom. The van der Waals surface area contributed by atoms with Crippen molar-refractivity contribution < 1.29 is 18.9 Å². The molecule has 18 heavy (non-hydrogen) atoms. The van der Waals surface area contributed by atoms with Crippen molar-refractivity contribution in [1.82, 2.24) is 0 Å². The second kappa shape index (κ2) is 9.70. The van der Waals surface area contributed by atoms with Crippen LogP contribution in [0.15, 0.2) is 24.3 Å². The monoisotopic (exact) mass is 255 g/mol. The molecule has 0 amide bonds. The Hall–Kier alpha value is -1.30. The van der Waals surface area contributed by atoms with E-state index in [1.165, 1.54) is 0 Å². The molecule has 0 atom stereocenters. The van der Waals surface area contributed by atoms with Crippen LogP contribution < -0.4 is 15.2 Å². The normalized spacial score (nSPS) is 10.3. The molecule has 1 aromatic carbocycles. The lowest BCUT2D eigenvalue weighted by Gasteiger charge is -2.08. The largest absolute Gasteiger partial charge is 0.497 e. The highest BCUT2D eigenvalue weighted by atomic mass is 16.5. The van der Waals surface area contributed by atoms with Crippen LogP contribution in [-0.2, 0) is 9.47 Å². The molecule has 0 unspecified atom stereocenters. The molecule has 0 bridgehead atoms. The predicted octanol–water partition coefficient (Wildman–Crippen LogP) is 1.07. The van der Waals surface area contributed by atoms with Gasteiger partial charge in [0.1, 0.15) is 18.1 Å². The molecule has 2 N–H and O–H groups in total. The van der Waals surface area contributed by atoms with Gasteiger partial charge in [0, 0.05) is 12.6 Å². The molecule has 102 valence electrons. The summed E-state index contributed by atoms with van der Waals surface area (Å²) in [6, 6.07) is 7.48. The van der Waals surface area contributed by atoms with E-state index >= 15 is 0 Å². The Kier molecular flexibility index (Phi) is 7.96. The second-order valence-electron chi connectivity index (χ2n) is 3.54. The minimum atomic E-state index is 0.504. The van der Waals surface area contributed by atoms with Gasteiger partial charge in [-0.05, 0) is 12.1 Å². The third kappa shape index (κ3) is 6.44. The number of ether oxygens (including phenoxy) is 4. The summed E-state index contributed by atoms with van der Waals surface area (Å²) in [5, 5.41) is 0. The van der Waals surface area contributed by atoms with Crippen LogP contribution in [-0.4, -0.2) is 46.7 Å². The molecule has 0 fully saturated rings. The molecule has 0 radical (unpaired) electrons. The number of rotatable bonds is 10. The van der Waals surface area contributed by atoms with E-state index in [1.807, 2.05) is 24.3 Å². The van der Waals surface area contributed by atoms with Crippen molar-refractivity contribution >= 4 is 0 Å². The van der Waals surface area contributed by atoms with Crippen LogP contribution >= 0.6 is 0 Å². The van der Waals surface area contributed by atoms with Crippen LogP contribution in [0.3, 0.4) is 0 Å². The molecule has 0 aliphatic rings. The van der Waals surface area contributed by atoms with Crippen molar-refractivity contribution in [3.63, 3.8) is 0 Å². The summed E-state index contributed by atoms with van der Waals surface area (Å²) in [6.45, 7) is 3.27. The van der Waals surface area contributed by atoms with Gasteiger partial charge in [-0.3, -0.25) is 0 Å². The van der Waals surface area contributed by atoms with Crippen molar-refractivity contribution in [3.8, 4) is 11.5 Å². The van der Waals surface area contributed by atoms with E-state index in [4.69, 9.17) is 24.7 Å². The number of nitrogens with two attached hydrogens (primary N) is 1. The zero-order chi connectivity index (χ0) is 13.1. The standard InChI is InChI=1S/C13H21NO4/c1-15-12-3-2-4-13(11-12)18-10-9-17-8-7-16-6-5-14/h2-4,11H,5-10,14H2,1H3. The average Bonchev–Trinajstić information content (AvgIpc) is 2.42. The minimum absolute atomic E-state index is 0.504. The van der Waals surface area contributed by atoms with E-state index in [9.17, 15) is 0 Å².